The normalized spacial score (nSPS) is 17.0. The molecule has 0 aliphatic carbocycles. The van der Waals surface area contributed by atoms with Gasteiger partial charge in [0.1, 0.15) is 0 Å². The van der Waals surface area contributed by atoms with Crippen LogP contribution < -0.4 is 5.32 Å². The zero-order valence-corrected chi connectivity index (χ0v) is 15.3. The number of aryl methyl sites for hydroxylation is 1. The van der Waals surface area contributed by atoms with Crippen molar-refractivity contribution in [2.75, 3.05) is 11.9 Å². The molecule has 0 saturated carbocycles. The summed E-state index contributed by atoms with van der Waals surface area (Å²) in [6, 6.07) is 16.0. The van der Waals surface area contributed by atoms with Crippen molar-refractivity contribution in [3.63, 3.8) is 0 Å². The van der Waals surface area contributed by atoms with Gasteiger partial charge < -0.3 is 10.2 Å². The summed E-state index contributed by atoms with van der Waals surface area (Å²) in [4.78, 5) is 23.8. The lowest BCUT2D eigenvalue weighted by atomic mass is 9.97. The third-order valence-electron chi connectivity index (χ3n) is 5.24. The van der Waals surface area contributed by atoms with Crippen LogP contribution in [0, 0.1) is 0 Å². The van der Waals surface area contributed by atoms with Crippen molar-refractivity contribution >= 4 is 22.6 Å². The topological polar surface area (TPSA) is 58.1 Å². The summed E-state index contributed by atoms with van der Waals surface area (Å²) in [5.74, 6) is 0. The minimum absolute atomic E-state index is 0.0166. The highest BCUT2D eigenvalue weighted by Gasteiger charge is 2.26. The Morgan fingerprint density at radius 1 is 1.04 bits per heavy atom. The third kappa shape index (κ3) is 4.08. The highest BCUT2D eigenvalue weighted by atomic mass is 16.2. The smallest absolute Gasteiger partial charge is 0.322 e. The maximum Gasteiger partial charge on any atom is 0.322 e. The van der Waals surface area contributed by atoms with E-state index in [0.717, 1.165) is 54.5 Å². The number of urea groups is 1. The molecule has 4 rings (SSSR count). The van der Waals surface area contributed by atoms with E-state index in [4.69, 9.17) is 0 Å². The fourth-order valence-electron chi connectivity index (χ4n) is 3.83. The van der Waals surface area contributed by atoms with E-state index in [1.807, 2.05) is 53.6 Å². The number of amides is 2. The summed E-state index contributed by atoms with van der Waals surface area (Å²) < 4.78 is 0. The van der Waals surface area contributed by atoms with Crippen molar-refractivity contribution in [2.24, 2.45) is 0 Å². The number of nitrogens with zero attached hydrogens (tertiary/aromatic N) is 3. The summed E-state index contributed by atoms with van der Waals surface area (Å²) in [5.41, 5.74) is 2.80. The molecule has 3 heterocycles. The van der Waals surface area contributed by atoms with Crippen LogP contribution in [0.25, 0.3) is 10.9 Å². The first kappa shape index (κ1) is 17.5. The molecule has 2 aromatic heterocycles. The Balaban J connectivity index is 1.47. The third-order valence-corrected chi connectivity index (χ3v) is 5.24. The Morgan fingerprint density at radius 2 is 1.96 bits per heavy atom. The molecule has 2 amide bonds. The van der Waals surface area contributed by atoms with Crippen LogP contribution >= 0.6 is 0 Å². The predicted octanol–water partition coefficient (Wildman–Crippen LogP) is 4.65. The number of piperidine rings is 1. The number of fused-ring (bicyclic) bond motifs is 1. The molecule has 1 aliphatic rings. The molecule has 138 valence electrons. The molecule has 1 aliphatic heterocycles. The number of likely N-dealkylation sites (tertiary alicyclic amines) is 1. The van der Waals surface area contributed by atoms with Gasteiger partial charge in [-0.15, -0.1) is 0 Å². The van der Waals surface area contributed by atoms with Crippen LogP contribution in [0.3, 0.4) is 0 Å². The first-order chi connectivity index (χ1) is 13.3. The van der Waals surface area contributed by atoms with Gasteiger partial charge in [-0.05, 0) is 68.5 Å². The zero-order valence-electron chi connectivity index (χ0n) is 15.3. The van der Waals surface area contributed by atoms with Gasteiger partial charge in [-0.2, -0.15) is 0 Å². The molecule has 1 aromatic carbocycles. The quantitative estimate of drug-likeness (QED) is 0.737. The van der Waals surface area contributed by atoms with E-state index in [1.54, 1.807) is 6.20 Å². The summed E-state index contributed by atoms with van der Waals surface area (Å²) in [5, 5.41) is 4.08. The molecule has 0 bridgehead atoms. The number of carbonyl (C=O) groups is 1. The van der Waals surface area contributed by atoms with Gasteiger partial charge in [-0.3, -0.25) is 9.97 Å². The number of rotatable bonds is 4. The lowest BCUT2D eigenvalue weighted by Gasteiger charge is -2.36. The summed E-state index contributed by atoms with van der Waals surface area (Å²) in [6.45, 7) is 0.807. The molecule has 1 N–H and O–H groups in total. The molecule has 1 fully saturated rings. The van der Waals surface area contributed by atoms with Crippen LogP contribution in [-0.4, -0.2) is 33.5 Å². The van der Waals surface area contributed by atoms with Crippen molar-refractivity contribution < 1.29 is 4.79 Å². The highest BCUT2D eigenvalue weighted by Crippen LogP contribution is 2.25. The van der Waals surface area contributed by atoms with Crippen LogP contribution in [0.15, 0.2) is 60.9 Å². The number of pyridine rings is 2. The Bertz CT molecular complexity index is 907. The maximum atomic E-state index is 13.0. The fraction of sp³-hybridized carbons (Fsp3) is 0.318. The Hall–Kier alpha value is -2.95. The van der Waals surface area contributed by atoms with Crippen molar-refractivity contribution in [3.8, 4) is 0 Å². The Kier molecular flexibility index (Phi) is 5.28. The van der Waals surface area contributed by atoms with Crippen molar-refractivity contribution in [2.45, 2.75) is 38.1 Å². The molecular formula is C22H24N4O. The SMILES string of the molecule is O=C(Nc1cccc2ncccc12)N1CCCCC1CCc1ccccn1. The van der Waals surface area contributed by atoms with Crippen LogP contribution in [0.1, 0.15) is 31.4 Å². The van der Waals surface area contributed by atoms with E-state index in [-0.39, 0.29) is 12.1 Å². The number of anilines is 1. The number of hydrogen-bond acceptors (Lipinski definition) is 3. The van der Waals surface area contributed by atoms with E-state index in [9.17, 15) is 4.79 Å². The zero-order chi connectivity index (χ0) is 18.5. The second kappa shape index (κ2) is 8.16. The second-order valence-electron chi connectivity index (χ2n) is 7.01. The Morgan fingerprint density at radius 3 is 2.85 bits per heavy atom. The molecule has 1 atom stereocenters. The average molecular weight is 360 g/mol. The van der Waals surface area contributed by atoms with Crippen molar-refractivity contribution in [3.05, 3.63) is 66.6 Å². The van der Waals surface area contributed by atoms with Crippen molar-refractivity contribution in [1.82, 2.24) is 14.9 Å². The maximum absolute atomic E-state index is 13.0. The average Bonchev–Trinajstić information content (AvgIpc) is 2.73. The van der Waals surface area contributed by atoms with E-state index >= 15 is 0 Å². The van der Waals surface area contributed by atoms with Crippen LogP contribution in [0.2, 0.25) is 0 Å². The largest absolute Gasteiger partial charge is 0.322 e. The number of hydrogen-bond donors (Lipinski definition) is 1. The minimum Gasteiger partial charge on any atom is -0.322 e. The molecule has 0 spiro atoms. The van der Waals surface area contributed by atoms with Gasteiger partial charge in [-0.1, -0.05) is 12.1 Å². The van der Waals surface area contributed by atoms with E-state index in [0.29, 0.717) is 0 Å². The molecular weight excluding hydrogens is 336 g/mol. The standard InChI is InChI=1S/C22H24N4O/c27-22(25-21-11-5-10-20-19(21)9-6-15-24-20)26-16-4-2-8-18(26)13-12-17-7-1-3-14-23-17/h1,3,5-7,9-11,14-15,18H,2,4,8,12-13,16H2,(H,25,27). The van der Waals surface area contributed by atoms with Crippen LogP contribution in [0.5, 0.6) is 0 Å². The molecule has 1 unspecified atom stereocenters. The lowest BCUT2D eigenvalue weighted by Crippen LogP contribution is -2.46. The number of nitrogens with one attached hydrogen (secondary N) is 1. The molecule has 27 heavy (non-hydrogen) atoms. The first-order valence-electron chi connectivity index (χ1n) is 9.62. The summed E-state index contributed by atoms with van der Waals surface area (Å²) in [7, 11) is 0. The van der Waals surface area contributed by atoms with E-state index in [2.05, 4.69) is 21.4 Å². The summed E-state index contributed by atoms with van der Waals surface area (Å²) in [6.07, 6.45) is 8.73. The molecule has 3 aromatic rings. The van der Waals surface area contributed by atoms with E-state index < -0.39 is 0 Å². The fourth-order valence-corrected chi connectivity index (χ4v) is 3.83. The summed E-state index contributed by atoms with van der Waals surface area (Å²) >= 11 is 0. The van der Waals surface area contributed by atoms with Gasteiger partial charge in [0, 0.05) is 36.1 Å². The van der Waals surface area contributed by atoms with Crippen molar-refractivity contribution in [1.29, 1.82) is 0 Å². The first-order valence-corrected chi connectivity index (χ1v) is 9.62. The highest BCUT2D eigenvalue weighted by molar-refractivity contribution is 6.00. The minimum atomic E-state index is -0.0166. The molecule has 1 saturated heterocycles. The van der Waals surface area contributed by atoms with Crippen LogP contribution in [-0.2, 0) is 6.42 Å². The molecule has 0 radical (unpaired) electrons. The monoisotopic (exact) mass is 360 g/mol. The lowest BCUT2D eigenvalue weighted by molar-refractivity contribution is 0.158. The second-order valence-corrected chi connectivity index (χ2v) is 7.01. The van der Waals surface area contributed by atoms with Gasteiger partial charge in [0.05, 0.1) is 11.2 Å². The van der Waals surface area contributed by atoms with Gasteiger partial charge >= 0.3 is 6.03 Å². The van der Waals surface area contributed by atoms with Gasteiger partial charge in [0.15, 0.2) is 0 Å². The number of carbonyl (C=O) groups excluding carboxylic acids is 1. The number of aromatic nitrogens is 2. The molecule has 5 nitrogen and oxygen atoms in total. The number of benzene rings is 1. The van der Waals surface area contributed by atoms with Gasteiger partial charge in [-0.25, -0.2) is 4.79 Å². The predicted molar refractivity (Wildman–Crippen MR) is 108 cm³/mol. The van der Waals surface area contributed by atoms with Gasteiger partial charge in [0.25, 0.3) is 0 Å². The van der Waals surface area contributed by atoms with Gasteiger partial charge in [0.2, 0.25) is 0 Å². The van der Waals surface area contributed by atoms with E-state index in [1.165, 1.54) is 6.42 Å². The van der Waals surface area contributed by atoms with Crippen LogP contribution in [0.4, 0.5) is 10.5 Å². The Labute approximate surface area is 159 Å². The molecule has 5 heteroatoms.